The van der Waals surface area contributed by atoms with Crippen LogP contribution >= 0.6 is 0 Å². The Kier molecular flexibility index (Phi) is 4.74. The molecule has 2 nitrogen and oxygen atoms in total. The quantitative estimate of drug-likeness (QED) is 0.609. The Labute approximate surface area is 143 Å². The van der Waals surface area contributed by atoms with Crippen molar-refractivity contribution < 1.29 is 17.9 Å². The van der Waals surface area contributed by atoms with E-state index < -0.39 is 12.8 Å². The van der Waals surface area contributed by atoms with E-state index in [0.717, 1.165) is 16.7 Å². The Bertz CT molecular complexity index is 843. The van der Waals surface area contributed by atoms with Crippen LogP contribution in [0.5, 0.6) is 5.88 Å². The molecule has 0 aliphatic carbocycles. The SMILES string of the molecule is Cc1ccc(-c2ccc(-c3ccccc3)nc2OCC(F)(F)F)cc1. The predicted molar refractivity (Wildman–Crippen MR) is 91.4 cm³/mol. The fourth-order valence-corrected chi connectivity index (χ4v) is 2.42. The number of hydrogen-bond acceptors (Lipinski definition) is 2. The second-order valence-electron chi connectivity index (χ2n) is 5.69. The summed E-state index contributed by atoms with van der Waals surface area (Å²) in [6, 6.07) is 20.3. The molecule has 3 aromatic rings. The maximum absolute atomic E-state index is 12.6. The molecule has 25 heavy (non-hydrogen) atoms. The molecule has 1 aromatic heterocycles. The summed E-state index contributed by atoms with van der Waals surface area (Å²) in [7, 11) is 0. The van der Waals surface area contributed by atoms with Gasteiger partial charge in [0.1, 0.15) is 0 Å². The van der Waals surface area contributed by atoms with Crippen LogP contribution in [0.4, 0.5) is 13.2 Å². The van der Waals surface area contributed by atoms with Gasteiger partial charge in [0.15, 0.2) is 6.61 Å². The molecule has 1 heterocycles. The molecule has 0 amide bonds. The van der Waals surface area contributed by atoms with Crippen molar-refractivity contribution in [2.45, 2.75) is 13.1 Å². The van der Waals surface area contributed by atoms with Crippen LogP contribution in [0.25, 0.3) is 22.4 Å². The van der Waals surface area contributed by atoms with Gasteiger partial charge < -0.3 is 4.74 Å². The minimum Gasteiger partial charge on any atom is -0.468 e. The fourth-order valence-electron chi connectivity index (χ4n) is 2.42. The number of rotatable bonds is 4. The first-order valence-electron chi connectivity index (χ1n) is 7.75. The summed E-state index contributed by atoms with van der Waals surface area (Å²) in [4.78, 5) is 4.32. The highest BCUT2D eigenvalue weighted by Gasteiger charge is 2.29. The molecule has 0 unspecified atom stereocenters. The van der Waals surface area contributed by atoms with Crippen molar-refractivity contribution in [1.82, 2.24) is 4.98 Å². The van der Waals surface area contributed by atoms with Crippen molar-refractivity contribution in [2.75, 3.05) is 6.61 Å². The molecule has 3 rings (SSSR count). The number of alkyl halides is 3. The Morgan fingerprint density at radius 2 is 1.52 bits per heavy atom. The minimum absolute atomic E-state index is 0.0254. The topological polar surface area (TPSA) is 22.1 Å². The van der Waals surface area contributed by atoms with E-state index >= 15 is 0 Å². The molecule has 5 heteroatoms. The first kappa shape index (κ1) is 17.0. The molecule has 0 radical (unpaired) electrons. The molecule has 0 aliphatic heterocycles. The van der Waals surface area contributed by atoms with Crippen LogP contribution in [0.2, 0.25) is 0 Å². The lowest BCUT2D eigenvalue weighted by Crippen LogP contribution is -2.20. The Hall–Kier alpha value is -2.82. The number of halogens is 3. The van der Waals surface area contributed by atoms with Gasteiger partial charge in [-0.3, -0.25) is 0 Å². The molecule has 128 valence electrons. The zero-order valence-corrected chi connectivity index (χ0v) is 13.5. The largest absolute Gasteiger partial charge is 0.468 e. The van der Waals surface area contributed by atoms with E-state index in [1.807, 2.05) is 61.5 Å². The Morgan fingerprint density at radius 3 is 2.16 bits per heavy atom. The lowest BCUT2D eigenvalue weighted by atomic mass is 10.0. The maximum Gasteiger partial charge on any atom is 0.422 e. The van der Waals surface area contributed by atoms with Crippen LogP contribution in [-0.4, -0.2) is 17.8 Å². The van der Waals surface area contributed by atoms with Crippen LogP contribution in [0.3, 0.4) is 0 Å². The number of benzene rings is 2. The van der Waals surface area contributed by atoms with Gasteiger partial charge in [0, 0.05) is 11.1 Å². The number of ether oxygens (including phenoxy) is 1. The third kappa shape index (κ3) is 4.38. The van der Waals surface area contributed by atoms with Crippen LogP contribution in [0.15, 0.2) is 66.7 Å². The zero-order chi connectivity index (χ0) is 17.9. The van der Waals surface area contributed by atoms with Crippen molar-refractivity contribution in [3.8, 4) is 28.3 Å². The fraction of sp³-hybridized carbons (Fsp3) is 0.150. The van der Waals surface area contributed by atoms with E-state index in [9.17, 15) is 13.2 Å². The van der Waals surface area contributed by atoms with Crippen molar-refractivity contribution >= 4 is 0 Å². The van der Waals surface area contributed by atoms with Crippen LogP contribution in [0, 0.1) is 6.92 Å². The van der Waals surface area contributed by atoms with Gasteiger partial charge in [0.2, 0.25) is 5.88 Å². The predicted octanol–water partition coefficient (Wildman–Crippen LogP) is 5.67. The summed E-state index contributed by atoms with van der Waals surface area (Å²) in [6.07, 6.45) is -4.42. The van der Waals surface area contributed by atoms with Crippen LogP contribution in [-0.2, 0) is 0 Å². The average Bonchev–Trinajstić information content (AvgIpc) is 2.61. The summed E-state index contributed by atoms with van der Waals surface area (Å²) in [5.74, 6) is -0.0254. The third-order valence-electron chi connectivity index (χ3n) is 3.66. The van der Waals surface area contributed by atoms with Gasteiger partial charge in [-0.15, -0.1) is 0 Å². The number of nitrogens with zero attached hydrogens (tertiary/aromatic N) is 1. The zero-order valence-electron chi connectivity index (χ0n) is 13.5. The summed E-state index contributed by atoms with van der Waals surface area (Å²) < 4.78 is 42.8. The van der Waals surface area contributed by atoms with E-state index in [1.54, 1.807) is 12.1 Å². The first-order valence-corrected chi connectivity index (χ1v) is 7.75. The Morgan fingerprint density at radius 1 is 0.840 bits per heavy atom. The average molecular weight is 343 g/mol. The standard InChI is InChI=1S/C20H16F3NO/c1-14-7-9-15(10-8-14)17-11-12-18(16-5-3-2-4-6-16)24-19(17)25-13-20(21,22)23/h2-12H,13H2,1H3. The summed E-state index contributed by atoms with van der Waals surface area (Å²) in [6.45, 7) is 0.568. The first-order chi connectivity index (χ1) is 11.9. The molecular weight excluding hydrogens is 327 g/mol. The van der Waals surface area contributed by atoms with Gasteiger partial charge >= 0.3 is 6.18 Å². The van der Waals surface area contributed by atoms with Gasteiger partial charge in [-0.1, -0.05) is 60.2 Å². The summed E-state index contributed by atoms with van der Waals surface area (Å²) in [5.41, 5.74) is 3.73. The highest BCUT2D eigenvalue weighted by molar-refractivity contribution is 5.72. The van der Waals surface area contributed by atoms with Gasteiger partial charge in [-0.25, -0.2) is 4.98 Å². The van der Waals surface area contributed by atoms with Gasteiger partial charge in [-0.05, 0) is 24.6 Å². The van der Waals surface area contributed by atoms with E-state index in [4.69, 9.17) is 4.74 Å². The minimum atomic E-state index is -4.42. The smallest absolute Gasteiger partial charge is 0.422 e. The molecule has 0 N–H and O–H groups in total. The van der Waals surface area contributed by atoms with Crippen LogP contribution in [0.1, 0.15) is 5.56 Å². The highest BCUT2D eigenvalue weighted by atomic mass is 19.4. The van der Waals surface area contributed by atoms with E-state index in [0.29, 0.717) is 11.3 Å². The summed E-state index contributed by atoms with van der Waals surface area (Å²) in [5, 5.41) is 0. The second kappa shape index (κ2) is 6.97. The molecule has 0 atom stereocenters. The number of hydrogen-bond donors (Lipinski definition) is 0. The Balaban J connectivity index is 2.03. The molecule has 0 bridgehead atoms. The molecular formula is C20H16F3NO. The number of aromatic nitrogens is 1. The molecule has 2 aromatic carbocycles. The normalized spacial score (nSPS) is 11.4. The lowest BCUT2D eigenvalue weighted by Gasteiger charge is -2.14. The van der Waals surface area contributed by atoms with E-state index in [-0.39, 0.29) is 5.88 Å². The number of pyridine rings is 1. The van der Waals surface area contributed by atoms with Crippen molar-refractivity contribution in [1.29, 1.82) is 0 Å². The summed E-state index contributed by atoms with van der Waals surface area (Å²) >= 11 is 0. The van der Waals surface area contributed by atoms with Gasteiger partial charge in [0.25, 0.3) is 0 Å². The monoisotopic (exact) mass is 343 g/mol. The molecule has 0 saturated carbocycles. The van der Waals surface area contributed by atoms with Crippen molar-refractivity contribution in [3.05, 3.63) is 72.3 Å². The third-order valence-corrected chi connectivity index (χ3v) is 3.66. The maximum atomic E-state index is 12.6. The van der Waals surface area contributed by atoms with Gasteiger partial charge in [0.05, 0.1) is 5.69 Å². The molecule has 0 spiro atoms. The van der Waals surface area contributed by atoms with Crippen molar-refractivity contribution in [2.24, 2.45) is 0 Å². The van der Waals surface area contributed by atoms with E-state index in [1.165, 1.54) is 0 Å². The van der Waals surface area contributed by atoms with Crippen molar-refractivity contribution in [3.63, 3.8) is 0 Å². The lowest BCUT2D eigenvalue weighted by molar-refractivity contribution is -0.153. The van der Waals surface area contributed by atoms with Crippen LogP contribution < -0.4 is 4.74 Å². The molecule has 0 saturated heterocycles. The highest BCUT2D eigenvalue weighted by Crippen LogP contribution is 2.32. The number of aryl methyl sites for hydroxylation is 1. The van der Waals surface area contributed by atoms with E-state index in [2.05, 4.69) is 4.98 Å². The second-order valence-corrected chi connectivity index (χ2v) is 5.69. The molecule has 0 fully saturated rings. The molecule has 0 aliphatic rings. The van der Waals surface area contributed by atoms with Gasteiger partial charge in [-0.2, -0.15) is 13.2 Å².